The molecule has 4 atom stereocenters. The molecule has 0 spiro atoms. The van der Waals surface area contributed by atoms with Crippen LogP contribution >= 0.6 is 11.8 Å². The minimum absolute atomic E-state index is 0.204. The molecular weight excluding hydrogens is 332 g/mol. The number of hydrogen-bond donors (Lipinski definition) is 0. The molecule has 4 unspecified atom stereocenters. The highest BCUT2D eigenvalue weighted by molar-refractivity contribution is 7.99. The number of methoxy groups -OCH3 is 1. The summed E-state index contributed by atoms with van der Waals surface area (Å²) in [6.07, 6.45) is -1.05. The fourth-order valence-corrected chi connectivity index (χ4v) is 3.69. The SMILES string of the molecule is COc1ccc(SC2CC(OC(C)=O)C(OC(C)=O)C(C)O2)cc1. The van der Waals surface area contributed by atoms with Gasteiger partial charge in [0.15, 0.2) is 6.10 Å². The van der Waals surface area contributed by atoms with Gasteiger partial charge in [0.05, 0.1) is 13.2 Å². The first-order chi connectivity index (χ1) is 11.4. The molecule has 0 saturated carbocycles. The van der Waals surface area contributed by atoms with Crippen molar-refractivity contribution in [3.05, 3.63) is 24.3 Å². The highest BCUT2D eigenvalue weighted by atomic mass is 32.2. The molecule has 7 heteroatoms. The van der Waals surface area contributed by atoms with Crippen LogP contribution in [0.5, 0.6) is 5.75 Å². The van der Waals surface area contributed by atoms with Crippen LogP contribution in [0.25, 0.3) is 0 Å². The summed E-state index contributed by atoms with van der Waals surface area (Å²) in [4.78, 5) is 23.7. The lowest BCUT2D eigenvalue weighted by atomic mass is 10.0. The van der Waals surface area contributed by atoms with Crippen molar-refractivity contribution in [2.45, 2.75) is 55.8 Å². The van der Waals surface area contributed by atoms with E-state index >= 15 is 0 Å². The summed E-state index contributed by atoms with van der Waals surface area (Å²) < 4.78 is 21.7. The topological polar surface area (TPSA) is 71.1 Å². The van der Waals surface area contributed by atoms with Gasteiger partial charge >= 0.3 is 11.9 Å². The third-order valence-corrected chi connectivity index (χ3v) is 4.68. The van der Waals surface area contributed by atoms with E-state index in [0.29, 0.717) is 6.42 Å². The van der Waals surface area contributed by atoms with Gasteiger partial charge in [-0.05, 0) is 31.2 Å². The third kappa shape index (κ3) is 5.14. The average Bonchev–Trinajstić information content (AvgIpc) is 2.51. The normalized spacial score (nSPS) is 26.5. The van der Waals surface area contributed by atoms with Gasteiger partial charge in [-0.1, -0.05) is 11.8 Å². The maximum atomic E-state index is 11.4. The Balaban J connectivity index is 2.06. The van der Waals surface area contributed by atoms with Crippen LogP contribution in [-0.4, -0.2) is 42.8 Å². The van der Waals surface area contributed by atoms with E-state index in [4.69, 9.17) is 18.9 Å². The monoisotopic (exact) mass is 354 g/mol. The minimum atomic E-state index is -0.598. The molecule has 0 amide bonds. The van der Waals surface area contributed by atoms with Crippen LogP contribution in [0.2, 0.25) is 0 Å². The van der Waals surface area contributed by atoms with Crippen molar-refractivity contribution in [3.8, 4) is 5.75 Å². The van der Waals surface area contributed by atoms with E-state index in [-0.39, 0.29) is 11.5 Å². The van der Waals surface area contributed by atoms with Crippen LogP contribution < -0.4 is 4.74 Å². The molecular formula is C17H22O6S. The predicted molar refractivity (Wildman–Crippen MR) is 88.9 cm³/mol. The van der Waals surface area contributed by atoms with Gasteiger partial charge in [-0.2, -0.15) is 0 Å². The number of thioether (sulfide) groups is 1. The van der Waals surface area contributed by atoms with E-state index in [1.165, 1.54) is 25.6 Å². The number of carbonyl (C=O) groups excluding carboxylic acids is 2. The molecule has 0 radical (unpaired) electrons. The Bertz CT molecular complexity index is 573. The molecule has 1 aromatic carbocycles. The lowest BCUT2D eigenvalue weighted by Crippen LogP contribution is -2.49. The Morgan fingerprint density at radius 1 is 1.12 bits per heavy atom. The maximum absolute atomic E-state index is 11.4. The summed E-state index contributed by atoms with van der Waals surface area (Å²) in [6.45, 7) is 4.48. The van der Waals surface area contributed by atoms with Crippen LogP contribution in [0.3, 0.4) is 0 Å². The van der Waals surface area contributed by atoms with Gasteiger partial charge in [0, 0.05) is 25.2 Å². The van der Waals surface area contributed by atoms with Gasteiger partial charge in [0.1, 0.15) is 17.3 Å². The number of hydrogen-bond acceptors (Lipinski definition) is 7. The van der Waals surface area contributed by atoms with Crippen molar-refractivity contribution in [1.82, 2.24) is 0 Å². The number of carbonyl (C=O) groups is 2. The highest BCUT2D eigenvalue weighted by Crippen LogP contribution is 2.35. The van der Waals surface area contributed by atoms with Gasteiger partial charge < -0.3 is 18.9 Å². The molecule has 1 heterocycles. The van der Waals surface area contributed by atoms with Crippen LogP contribution in [0.15, 0.2) is 29.2 Å². The van der Waals surface area contributed by atoms with E-state index in [9.17, 15) is 9.59 Å². The maximum Gasteiger partial charge on any atom is 0.303 e. The van der Waals surface area contributed by atoms with Gasteiger partial charge in [-0.25, -0.2) is 0 Å². The summed E-state index contributed by atoms with van der Waals surface area (Å²) in [7, 11) is 1.62. The molecule has 1 aliphatic heterocycles. The first-order valence-corrected chi connectivity index (χ1v) is 8.57. The number of rotatable bonds is 5. The zero-order valence-electron chi connectivity index (χ0n) is 14.2. The van der Waals surface area contributed by atoms with Crippen LogP contribution in [0.4, 0.5) is 0 Å². The number of esters is 2. The largest absolute Gasteiger partial charge is 0.497 e. The van der Waals surface area contributed by atoms with Crippen molar-refractivity contribution in [1.29, 1.82) is 0 Å². The van der Waals surface area contributed by atoms with E-state index in [0.717, 1.165) is 10.6 Å². The Labute approximate surface area is 145 Å². The van der Waals surface area contributed by atoms with Gasteiger partial charge in [0.25, 0.3) is 0 Å². The van der Waals surface area contributed by atoms with Gasteiger partial charge in [0.2, 0.25) is 0 Å². The number of benzene rings is 1. The lowest BCUT2D eigenvalue weighted by molar-refractivity contribution is -0.194. The van der Waals surface area contributed by atoms with Gasteiger partial charge in [-0.15, -0.1) is 0 Å². The zero-order valence-corrected chi connectivity index (χ0v) is 15.0. The van der Waals surface area contributed by atoms with Crippen LogP contribution in [-0.2, 0) is 23.8 Å². The Morgan fingerprint density at radius 2 is 1.75 bits per heavy atom. The second-order valence-corrected chi connectivity index (χ2v) is 6.75. The van der Waals surface area contributed by atoms with Crippen molar-refractivity contribution < 1.29 is 28.5 Å². The molecule has 0 N–H and O–H groups in total. The first kappa shape index (κ1) is 18.6. The Kier molecular flexibility index (Phi) is 6.51. The van der Waals surface area contributed by atoms with E-state index in [1.807, 2.05) is 31.2 Å². The van der Waals surface area contributed by atoms with Crippen LogP contribution in [0.1, 0.15) is 27.2 Å². The molecule has 0 bridgehead atoms. The standard InChI is InChI=1S/C17H22O6S/c1-10-17(23-12(3)19)15(22-11(2)18)9-16(21-10)24-14-7-5-13(20-4)6-8-14/h5-8,10,15-17H,9H2,1-4H3. The number of ether oxygens (including phenoxy) is 4. The predicted octanol–water partition coefficient (Wildman–Crippen LogP) is 2.79. The van der Waals surface area contributed by atoms with Crippen LogP contribution in [0, 0.1) is 0 Å². The summed E-state index contributed by atoms with van der Waals surface area (Å²) in [6, 6.07) is 7.63. The second-order valence-electron chi connectivity index (χ2n) is 5.52. The summed E-state index contributed by atoms with van der Waals surface area (Å²) in [5.41, 5.74) is -0.204. The first-order valence-electron chi connectivity index (χ1n) is 7.69. The van der Waals surface area contributed by atoms with Gasteiger partial charge in [-0.3, -0.25) is 9.59 Å². The van der Waals surface area contributed by atoms with Crippen molar-refractivity contribution in [2.75, 3.05) is 7.11 Å². The molecule has 24 heavy (non-hydrogen) atoms. The summed E-state index contributed by atoms with van der Waals surface area (Å²) >= 11 is 1.53. The Morgan fingerprint density at radius 3 is 2.29 bits per heavy atom. The summed E-state index contributed by atoms with van der Waals surface area (Å²) in [5.74, 6) is -0.0432. The molecule has 6 nitrogen and oxygen atoms in total. The third-order valence-electron chi connectivity index (χ3n) is 3.57. The second kappa shape index (κ2) is 8.39. The summed E-state index contributed by atoms with van der Waals surface area (Å²) in [5, 5.41) is 0. The average molecular weight is 354 g/mol. The minimum Gasteiger partial charge on any atom is -0.497 e. The molecule has 1 aliphatic rings. The Hall–Kier alpha value is -1.73. The van der Waals surface area contributed by atoms with E-state index < -0.39 is 24.1 Å². The quantitative estimate of drug-likeness (QED) is 0.753. The van der Waals surface area contributed by atoms with E-state index in [2.05, 4.69) is 0 Å². The van der Waals surface area contributed by atoms with Crippen molar-refractivity contribution in [2.24, 2.45) is 0 Å². The molecule has 1 aromatic rings. The molecule has 1 saturated heterocycles. The fourth-order valence-electron chi connectivity index (χ4n) is 2.57. The lowest BCUT2D eigenvalue weighted by Gasteiger charge is -2.38. The van der Waals surface area contributed by atoms with Crippen molar-refractivity contribution >= 4 is 23.7 Å². The van der Waals surface area contributed by atoms with E-state index in [1.54, 1.807) is 7.11 Å². The molecule has 0 aliphatic carbocycles. The van der Waals surface area contributed by atoms with Crippen molar-refractivity contribution in [3.63, 3.8) is 0 Å². The zero-order chi connectivity index (χ0) is 17.7. The fraction of sp³-hybridized carbons (Fsp3) is 0.529. The smallest absolute Gasteiger partial charge is 0.303 e. The molecule has 0 aromatic heterocycles. The molecule has 1 fully saturated rings. The highest BCUT2D eigenvalue weighted by Gasteiger charge is 2.41. The molecule has 132 valence electrons. The molecule has 2 rings (SSSR count).